The number of aromatic nitrogens is 1. The highest BCUT2D eigenvalue weighted by molar-refractivity contribution is 5.95. The van der Waals surface area contributed by atoms with Crippen LogP contribution in [0.5, 0.6) is 0 Å². The number of carbonyl (C=O) groups excluding carboxylic acids is 1. The van der Waals surface area contributed by atoms with E-state index in [2.05, 4.69) is 28.1 Å². The van der Waals surface area contributed by atoms with Gasteiger partial charge in [0.15, 0.2) is 0 Å². The van der Waals surface area contributed by atoms with Gasteiger partial charge >= 0.3 is 0 Å². The Bertz CT molecular complexity index is 945. The van der Waals surface area contributed by atoms with Crippen molar-refractivity contribution >= 4 is 16.8 Å². The molecule has 1 aliphatic rings. The van der Waals surface area contributed by atoms with Gasteiger partial charge < -0.3 is 15.6 Å². The van der Waals surface area contributed by atoms with Crippen LogP contribution in [-0.4, -0.2) is 23.6 Å². The van der Waals surface area contributed by atoms with Gasteiger partial charge in [0.1, 0.15) is 5.82 Å². The highest BCUT2D eigenvalue weighted by Gasteiger charge is 2.14. The molecule has 3 N–H and O–H groups in total. The zero-order chi connectivity index (χ0) is 16.7. The minimum Gasteiger partial charge on any atom is -0.366 e. The average molecular weight is 323 g/mol. The zero-order valence-electron chi connectivity index (χ0n) is 13.2. The lowest BCUT2D eigenvalue weighted by Gasteiger charge is -2.08. The van der Waals surface area contributed by atoms with Crippen LogP contribution in [0.3, 0.4) is 0 Å². The molecule has 0 radical (unpaired) electrons. The number of amides is 1. The van der Waals surface area contributed by atoms with E-state index in [4.69, 9.17) is 5.73 Å². The molecule has 3 aromatic rings. The molecule has 0 spiro atoms. The molecule has 2 aromatic carbocycles. The standard InChI is InChI=1S/C19H18FN3O/c20-17-3-1-13(11-16(17)19(21)24)12-2-4-18-14(9-12)10-15-5-6-22-7-8-23(15)18/h1-4,9-11,22H,5-8H2,(H2,21,24). The first-order chi connectivity index (χ1) is 11.6. The van der Waals surface area contributed by atoms with Crippen LogP contribution in [0.1, 0.15) is 16.1 Å². The quantitative estimate of drug-likeness (QED) is 0.762. The number of hydrogen-bond acceptors (Lipinski definition) is 2. The van der Waals surface area contributed by atoms with Crippen molar-refractivity contribution in [2.45, 2.75) is 13.0 Å². The predicted molar refractivity (Wildman–Crippen MR) is 92.4 cm³/mol. The number of carbonyl (C=O) groups is 1. The van der Waals surface area contributed by atoms with Gasteiger partial charge in [-0.2, -0.15) is 0 Å². The van der Waals surface area contributed by atoms with E-state index in [0.717, 1.165) is 42.6 Å². The van der Waals surface area contributed by atoms with Gasteiger partial charge in [-0.15, -0.1) is 0 Å². The topological polar surface area (TPSA) is 60.1 Å². The zero-order valence-corrected chi connectivity index (χ0v) is 13.2. The van der Waals surface area contributed by atoms with Gasteiger partial charge in [-0.3, -0.25) is 4.79 Å². The molecule has 1 aliphatic heterocycles. The highest BCUT2D eigenvalue weighted by atomic mass is 19.1. The molecule has 122 valence electrons. The van der Waals surface area contributed by atoms with Crippen molar-refractivity contribution in [1.82, 2.24) is 9.88 Å². The summed E-state index contributed by atoms with van der Waals surface area (Å²) in [7, 11) is 0. The number of hydrogen-bond donors (Lipinski definition) is 2. The lowest BCUT2D eigenvalue weighted by molar-refractivity contribution is 0.0996. The molecule has 0 bridgehead atoms. The summed E-state index contributed by atoms with van der Waals surface area (Å²) >= 11 is 0. The van der Waals surface area contributed by atoms with E-state index < -0.39 is 11.7 Å². The smallest absolute Gasteiger partial charge is 0.251 e. The third kappa shape index (κ3) is 2.47. The fraction of sp³-hybridized carbons (Fsp3) is 0.211. The van der Waals surface area contributed by atoms with E-state index in [1.54, 1.807) is 6.07 Å². The molecule has 4 nitrogen and oxygen atoms in total. The first-order valence-electron chi connectivity index (χ1n) is 8.06. The summed E-state index contributed by atoms with van der Waals surface area (Å²) < 4.78 is 16.0. The number of primary amides is 1. The van der Waals surface area contributed by atoms with E-state index in [0.29, 0.717) is 0 Å². The first kappa shape index (κ1) is 14.9. The molecule has 0 saturated carbocycles. The third-order valence-electron chi connectivity index (χ3n) is 4.62. The highest BCUT2D eigenvalue weighted by Crippen LogP contribution is 2.28. The molecule has 1 amide bonds. The Morgan fingerprint density at radius 2 is 1.88 bits per heavy atom. The van der Waals surface area contributed by atoms with Crippen molar-refractivity contribution < 1.29 is 9.18 Å². The summed E-state index contributed by atoms with van der Waals surface area (Å²) in [6.07, 6.45) is 1.01. The van der Waals surface area contributed by atoms with Crippen molar-refractivity contribution in [2.75, 3.05) is 13.1 Å². The van der Waals surface area contributed by atoms with Gasteiger partial charge in [0.05, 0.1) is 5.56 Å². The molecule has 0 atom stereocenters. The minimum atomic E-state index is -0.751. The molecule has 1 aromatic heterocycles. The maximum absolute atomic E-state index is 13.7. The largest absolute Gasteiger partial charge is 0.366 e. The minimum absolute atomic E-state index is 0.0775. The van der Waals surface area contributed by atoms with Gasteiger partial charge in [-0.05, 0) is 41.5 Å². The van der Waals surface area contributed by atoms with Gasteiger partial charge in [-0.1, -0.05) is 12.1 Å². The van der Waals surface area contributed by atoms with Crippen LogP contribution in [0.2, 0.25) is 0 Å². The molecule has 0 saturated heterocycles. The monoisotopic (exact) mass is 323 g/mol. The number of nitrogens with zero attached hydrogens (tertiary/aromatic N) is 1. The Hall–Kier alpha value is -2.66. The number of nitrogens with one attached hydrogen (secondary N) is 1. The lowest BCUT2D eigenvalue weighted by Crippen LogP contribution is -2.17. The van der Waals surface area contributed by atoms with Gasteiger partial charge in [-0.25, -0.2) is 4.39 Å². The van der Waals surface area contributed by atoms with Gasteiger partial charge in [0.2, 0.25) is 0 Å². The summed E-state index contributed by atoms with van der Waals surface area (Å²) in [5.41, 5.74) is 9.43. The van der Waals surface area contributed by atoms with Crippen LogP contribution in [0.15, 0.2) is 42.5 Å². The first-order valence-corrected chi connectivity index (χ1v) is 8.06. The maximum atomic E-state index is 13.7. The van der Waals surface area contributed by atoms with Crippen molar-refractivity contribution in [3.05, 3.63) is 59.5 Å². The van der Waals surface area contributed by atoms with Crippen LogP contribution >= 0.6 is 0 Å². The Kier molecular flexibility index (Phi) is 3.58. The fourth-order valence-corrected chi connectivity index (χ4v) is 3.40. The maximum Gasteiger partial charge on any atom is 0.251 e. The van der Waals surface area contributed by atoms with Gasteiger partial charge in [0, 0.05) is 42.7 Å². The molecule has 5 heteroatoms. The Labute approximate surface area is 139 Å². The van der Waals surface area contributed by atoms with Gasteiger partial charge in [0.25, 0.3) is 5.91 Å². The Morgan fingerprint density at radius 3 is 2.71 bits per heavy atom. The van der Waals surface area contributed by atoms with Crippen LogP contribution in [0.25, 0.3) is 22.0 Å². The number of fused-ring (bicyclic) bond motifs is 3. The molecule has 4 rings (SSSR count). The second-order valence-electron chi connectivity index (χ2n) is 6.12. The van der Waals surface area contributed by atoms with Crippen molar-refractivity contribution in [2.24, 2.45) is 5.73 Å². The van der Waals surface area contributed by atoms with Crippen LogP contribution in [-0.2, 0) is 13.0 Å². The summed E-state index contributed by atoms with van der Waals surface area (Å²) in [6.45, 7) is 2.92. The van der Waals surface area contributed by atoms with E-state index in [1.807, 2.05) is 6.07 Å². The second-order valence-corrected chi connectivity index (χ2v) is 6.12. The molecule has 2 heterocycles. The molecule has 0 fully saturated rings. The summed E-state index contributed by atoms with van der Waals surface area (Å²) in [5.74, 6) is -1.34. The summed E-state index contributed by atoms with van der Waals surface area (Å²) in [6, 6.07) is 12.9. The van der Waals surface area contributed by atoms with E-state index in [1.165, 1.54) is 23.3 Å². The fourth-order valence-electron chi connectivity index (χ4n) is 3.40. The molecule has 0 aliphatic carbocycles. The van der Waals surface area contributed by atoms with Crippen LogP contribution < -0.4 is 11.1 Å². The Morgan fingerprint density at radius 1 is 1.08 bits per heavy atom. The summed E-state index contributed by atoms with van der Waals surface area (Å²) in [5, 5.41) is 4.57. The number of rotatable bonds is 2. The van der Waals surface area contributed by atoms with E-state index in [-0.39, 0.29) is 5.56 Å². The average Bonchev–Trinajstić information content (AvgIpc) is 2.75. The SMILES string of the molecule is NC(=O)c1cc(-c2ccc3c(c2)cc2n3CCNCC2)ccc1F. The van der Waals surface area contributed by atoms with E-state index >= 15 is 0 Å². The number of nitrogens with two attached hydrogens (primary N) is 1. The van der Waals surface area contributed by atoms with Crippen molar-refractivity contribution in [3.8, 4) is 11.1 Å². The van der Waals surface area contributed by atoms with E-state index in [9.17, 15) is 9.18 Å². The number of halogens is 1. The molecular formula is C19H18FN3O. The molecular weight excluding hydrogens is 305 g/mol. The van der Waals surface area contributed by atoms with Crippen LogP contribution in [0.4, 0.5) is 4.39 Å². The molecule has 0 unspecified atom stereocenters. The summed E-state index contributed by atoms with van der Waals surface area (Å²) in [4.78, 5) is 11.4. The number of benzene rings is 2. The Balaban J connectivity index is 1.81. The van der Waals surface area contributed by atoms with Crippen LogP contribution in [0, 0.1) is 5.82 Å². The second kappa shape index (κ2) is 5.76. The molecule has 24 heavy (non-hydrogen) atoms. The third-order valence-corrected chi connectivity index (χ3v) is 4.62. The van der Waals surface area contributed by atoms with Crippen molar-refractivity contribution in [1.29, 1.82) is 0 Å². The van der Waals surface area contributed by atoms with Crippen molar-refractivity contribution in [3.63, 3.8) is 0 Å². The lowest BCUT2D eigenvalue weighted by atomic mass is 10.0. The normalized spacial score (nSPS) is 14.4. The predicted octanol–water partition coefficient (Wildman–Crippen LogP) is 2.69.